The van der Waals surface area contributed by atoms with Crippen LogP contribution < -0.4 is 0 Å². The molecule has 9 heteroatoms. The van der Waals surface area contributed by atoms with Crippen molar-refractivity contribution in [3.63, 3.8) is 0 Å². The zero-order chi connectivity index (χ0) is 24.5. The van der Waals surface area contributed by atoms with Crippen molar-refractivity contribution in [3.8, 4) is 45.6 Å². The van der Waals surface area contributed by atoms with E-state index in [1.807, 2.05) is 83.1 Å². The summed E-state index contributed by atoms with van der Waals surface area (Å²) in [4.78, 5) is 40.3. The van der Waals surface area contributed by atoms with Gasteiger partial charge in [-0.15, -0.1) is 0 Å². The summed E-state index contributed by atoms with van der Waals surface area (Å²) in [7, 11) is 0. The number of rotatable bonds is 4. The van der Waals surface area contributed by atoms with Crippen molar-refractivity contribution in [1.29, 1.82) is 0 Å². The highest BCUT2D eigenvalue weighted by Crippen LogP contribution is 2.25. The van der Waals surface area contributed by atoms with Gasteiger partial charge in [0.05, 0.1) is 0 Å². The Morgan fingerprint density at radius 2 is 0.657 bits per heavy atom. The van der Waals surface area contributed by atoms with Gasteiger partial charge in [0.25, 0.3) is 0 Å². The highest BCUT2D eigenvalue weighted by Gasteiger charge is 2.12. The number of nitrogens with zero attached hydrogens (tertiary/aromatic N) is 9. The Balaban J connectivity index is 1.50. The molecular weight excluding hydrogens is 438 g/mol. The third kappa shape index (κ3) is 4.89. The predicted octanol–water partition coefficient (Wildman–Crippen LogP) is 4.45. The Morgan fingerprint density at radius 1 is 0.343 bits per heavy atom. The van der Waals surface area contributed by atoms with Crippen LogP contribution in [0.1, 0.15) is 29.1 Å². The first-order valence-electron chi connectivity index (χ1n) is 11.2. The van der Waals surface area contributed by atoms with Crippen molar-refractivity contribution in [3.05, 3.63) is 77.7 Å². The van der Waals surface area contributed by atoms with Crippen molar-refractivity contribution in [2.45, 2.75) is 34.6 Å². The molecule has 2 aromatic carbocycles. The quantitative estimate of drug-likeness (QED) is 0.382. The maximum atomic E-state index is 4.76. The van der Waals surface area contributed by atoms with Gasteiger partial charge in [-0.3, -0.25) is 0 Å². The van der Waals surface area contributed by atoms with Crippen LogP contribution in [0.15, 0.2) is 48.5 Å². The molecule has 9 nitrogen and oxygen atoms in total. The Hall–Kier alpha value is -4.53. The first kappa shape index (κ1) is 22.3. The summed E-state index contributed by atoms with van der Waals surface area (Å²) in [5.74, 6) is 5.85. The maximum absolute atomic E-state index is 4.76. The average Bonchev–Trinajstić information content (AvgIpc) is 2.83. The van der Waals surface area contributed by atoms with E-state index in [-0.39, 0.29) is 0 Å². The fourth-order valence-corrected chi connectivity index (χ4v) is 3.80. The van der Waals surface area contributed by atoms with Crippen molar-refractivity contribution < 1.29 is 0 Å². The standard InChI is InChI=1S/C26H23N9/c1-14-27-15(2)30-23(29-14)19-9-11-20(12-10-19)24-33-18(5)34-26(35-24)22-8-6-7-21(13-22)25-31-16(3)28-17(4)32-25/h6-13H,1-5H3. The minimum absolute atomic E-state index is 0.588. The minimum Gasteiger partial charge on any atom is -0.219 e. The third-order valence-electron chi connectivity index (χ3n) is 5.25. The van der Waals surface area contributed by atoms with Crippen LogP contribution in [0.25, 0.3) is 45.6 Å². The van der Waals surface area contributed by atoms with Gasteiger partial charge in [0.2, 0.25) is 0 Å². The maximum Gasteiger partial charge on any atom is 0.163 e. The number of benzene rings is 2. The molecule has 0 atom stereocenters. The van der Waals surface area contributed by atoms with Crippen LogP contribution in [0, 0.1) is 34.6 Å². The van der Waals surface area contributed by atoms with E-state index in [1.54, 1.807) is 0 Å². The topological polar surface area (TPSA) is 116 Å². The zero-order valence-corrected chi connectivity index (χ0v) is 20.1. The van der Waals surface area contributed by atoms with Gasteiger partial charge in [-0.05, 0) is 40.7 Å². The summed E-state index contributed by atoms with van der Waals surface area (Å²) in [6, 6.07) is 15.7. The Morgan fingerprint density at radius 3 is 1.09 bits per heavy atom. The molecule has 0 fully saturated rings. The van der Waals surface area contributed by atoms with Crippen molar-refractivity contribution in [1.82, 2.24) is 44.9 Å². The predicted molar refractivity (Wildman–Crippen MR) is 132 cm³/mol. The first-order chi connectivity index (χ1) is 16.8. The molecule has 5 aromatic rings. The molecule has 0 aliphatic rings. The van der Waals surface area contributed by atoms with Crippen LogP contribution in [-0.4, -0.2) is 44.9 Å². The van der Waals surface area contributed by atoms with Gasteiger partial charge in [0.15, 0.2) is 23.3 Å². The summed E-state index contributed by atoms with van der Waals surface area (Å²) < 4.78 is 0. The second-order valence-electron chi connectivity index (χ2n) is 8.19. The summed E-state index contributed by atoms with van der Waals surface area (Å²) >= 11 is 0. The molecule has 0 N–H and O–H groups in total. The van der Waals surface area contributed by atoms with Crippen LogP contribution in [0.2, 0.25) is 0 Å². The smallest absolute Gasteiger partial charge is 0.163 e. The van der Waals surface area contributed by atoms with Crippen LogP contribution in [-0.2, 0) is 0 Å². The molecule has 0 saturated heterocycles. The third-order valence-corrected chi connectivity index (χ3v) is 5.25. The summed E-state index contributed by atoms with van der Waals surface area (Å²) in [5.41, 5.74) is 3.52. The van der Waals surface area contributed by atoms with E-state index in [4.69, 9.17) is 4.98 Å². The summed E-state index contributed by atoms with van der Waals surface area (Å²) in [6.07, 6.45) is 0. The van der Waals surface area contributed by atoms with Crippen LogP contribution in [0.4, 0.5) is 0 Å². The lowest BCUT2D eigenvalue weighted by Crippen LogP contribution is -2.01. The Kier molecular flexibility index (Phi) is 5.74. The van der Waals surface area contributed by atoms with Gasteiger partial charge in [0, 0.05) is 22.3 Å². The normalized spacial score (nSPS) is 11.0. The fourth-order valence-electron chi connectivity index (χ4n) is 3.80. The van der Waals surface area contributed by atoms with Gasteiger partial charge in [-0.25, -0.2) is 44.9 Å². The molecule has 0 aliphatic heterocycles. The molecule has 172 valence electrons. The summed E-state index contributed by atoms with van der Waals surface area (Å²) in [5, 5.41) is 0. The largest absolute Gasteiger partial charge is 0.219 e. The van der Waals surface area contributed by atoms with Crippen molar-refractivity contribution in [2.24, 2.45) is 0 Å². The van der Waals surface area contributed by atoms with Gasteiger partial charge in [0.1, 0.15) is 29.1 Å². The van der Waals surface area contributed by atoms with Gasteiger partial charge in [-0.1, -0.05) is 42.5 Å². The lowest BCUT2D eigenvalue weighted by Gasteiger charge is -2.08. The molecule has 0 amide bonds. The van der Waals surface area contributed by atoms with Gasteiger partial charge < -0.3 is 0 Å². The van der Waals surface area contributed by atoms with E-state index in [1.165, 1.54) is 0 Å². The van der Waals surface area contributed by atoms with Crippen molar-refractivity contribution >= 4 is 0 Å². The van der Waals surface area contributed by atoms with Crippen LogP contribution in [0.5, 0.6) is 0 Å². The van der Waals surface area contributed by atoms with E-state index in [2.05, 4.69) is 39.9 Å². The SMILES string of the molecule is Cc1nc(C)nc(-c2ccc(-c3nc(C)nc(-c4cccc(-c5nc(C)nc(C)n5)c4)n3)cc2)n1. The first-order valence-corrected chi connectivity index (χ1v) is 11.2. The average molecular weight is 462 g/mol. The Labute approximate surface area is 202 Å². The molecule has 5 rings (SSSR count). The number of hydrogen-bond donors (Lipinski definition) is 0. The molecule has 3 heterocycles. The number of aromatic nitrogens is 9. The molecule has 0 unspecified atom stereocenters. The molecule has 35 heavy (non-hydrogen) atoms. The van der Waals surface area contributed by atoms with Crippen LogP contribution >= 0.6 is 0 Å². The lowest BCUT2D eigenvalue weighted by atomic mass is 10.1. The monoisotopic (exact) mass is 461 g/mol. The fraction of sp³-hybridized carbons (Fsp3) is 0.192. The highest BCUT2D eigenvalue weighted by molar-refractivity contribution is 5.68. The number of aryl methyl sites for hydroxylation is 5. The van der Waals surface area contributed by atoms with E-state index < -0.39 is 0 Å². The van der Waals surface area contributed by atoms with E-state index >= 15 is 0 Å². The van der Waals surface area contributed by atoms with E-state index in [9.17, 15) is 0 Å². The summed E-state index contributed by atoms with van der Waals surface area (Å²) in [6.45, 7) is 9.30. The number of hydrogen-bond acceptors (Lipinski definition) is 9. The molecule has 0 saturated carbocycles. The van der Waals surface area contributed by atoms with Gasteiger partial charge in [-0.2, -0.15) is 0 Å². The van der Waals surface area contributed by atoms with Gasteiger partial charge >= 0.3 is 0 Å². The Bertz CT molecular complexity index is 1510. The lowest BCUT2D eigenvalue weighted by molar-refractivity contribution is 0.928. The zero-order valence-electron chi connectivity index (χ0n) is 20.1. The second-order valence-corrected chi connectivity index (χ2v) is 8.19. The van der Waals surface area contributed by atoms with E-state index in [0.29, 0.717) is 52.4 Å². The highest BCUT2D eigenvalue weighted by atomic mass is 15.0. The molecule has 0 radical (unpaired) electrons. The molecule has 0 aliphatic carbocycles. The minimum atomic E-state index is 0.588. The molecule has 0 spiro atoms. The molecule has 3 aromatic heterocycles. The van der Waals surface area contributed by atoms with E-state index in [0.717, 1.165) is 22.3 Å². The molecule has 0 bridgehead atoms. The molecular formula is C26H23N9. The van der Waals surface area contributed by atoms with Crippen LogP contribution in [0.3, 0.4) is 0 Å². The second kappa shape index (κ2) is 9.02. The van der Waals surface area contributed by atoms with Crippen molar-refractivity contribution in [2.75, 3.05) is 0 Å².